The fourth-order valence-electron chi connectivity index (χ4n) is 2.50. The van der Waals surface area contributed by atoms with Gasteiger partial charge in [-0.15, -0.1) is 0 Å². The predicted molar refractivity (Wildman–Crippen MR) is 91.1 cm³/mol. The van der Waals surface area contributed by atoms with Crippen LogP contribution in [0.1, 0.15) is 97.3 Å². The maximum Gasteiger partial charge on any atom is 0.0433 e. The van der Waals surface area contributed by atoms with E-state index in [4.69, 9.17) is 5.11 Å². The summed E-state index contributed by atoms with van der Waals surface area (Å²) in [5.74, 6) is 0.882. The van der Waals surface area contributed by atoms with Gasteiger partial charge in [0.05, 0.1) is 0 Å². The van der Waals surface area contributed by atoms with Crippen molar-refractivity contribution in [2.24, 2.45) is 5.92 Å². The van der Waals surface area contributed by atoms with Gasteiger partial charge in [-0.25, -0.2) is 0 Å². The second kappa shape index (κ2) is 16.8. The number of aliphatic hydroxyl groups is 1. The molecular formula is C19H38O. The van der Waals surface area contributed by atoms with E-state index in [1.54, 1.807) is 0 Å². The van der Waals surface area contributed by atoms with Crippen molar-refractivity contribution in [3.8, 4) is 0 Å². The van der Waals surface area contributed by atoms with Gasteiger partial charge in [-0.05, 0) is 31.6 Å². The van der Waals surface area contributed by atoms with Crippen LogP contribution in [-0.4, -0.2) is 11.7 Å². The second-order valence-corrected chi connectivity index (χ2v) is 6.49. The zero-order valence-electron chi connectivity index (χ0n) is 14.1. The smallest absolute Gasteiger partial charge is 0.0433 e. The fraction of sp³-hybridized carbons (Fsp3) is 0.895. The molecule has 0 spiro atoms. The minimum Gasteiger partial charge on any atom is -0.396 e. The van der Waals surface area contributed by atoms with Crippen molar-refractivity contribution in [3.05, 3.63) is 12.2 Å². The summed E-state index contributed by atoms with van der Waals surface area (Å²) < 4.78 is 0. The highest BCUT2D eigenvalue weighted by molar-refractivity contribution is 4.81. The predicted octanol–water partition coefficient (Wildman–Crippen LogP) is 6.26. The molecule has 0 aliphatic carbocycles. The normalized spacial score (nSPS) is 11.8. The van der Waals surface area contributed by atoms with Crippen LogP contribution in [0.15, 0.2) is 12.2 Å². The summed E-state index contributed by atoms with van der Waals surface area (Å²) in [6.45, 7) is 4.96. The van der Waals surface area contributed by atoms with E-state index in [2.05, 4.69) is 26.0 Å². The Morgan fingerprint density at radius 1 is 0.650 bits per heavy atom. The lowest BCUT2D eigenvalue weighted by molar-refractivity contribution is 0.289. The van der Waals surface area contributed by atoms with Crippen molar-refractivity contribution >= 4 is 0 Å². The van der Waals surface area contributed by atoms with E-state index in [9.17, 15) is 0 Å². The Kier molecular flexibility index (Phi) is 16.5. The van der Waals surface area contributed by atoms with Gasteiger partial charge in [0.1, 0.15) is 0 Å². The van der Waals surface area contributed by atoms with E-state index in [1.165, 1.54) is 70.6 Å². The molecule has 0 fully saturated rings. The van der Waals surface area contributed by atoms with E-state index in [0.717, 1.165) is 18.8 Å². The second-order valence-electron chi connectivity index (χ2n) is 6.49. The van der Waals surface area contributed by atoms with Gasteiger partial charge in [0.15, 0.2) is 0 Å². The van der Waals surface area contributed by atoms with Crippen LogP contribution in [-0.2, 0) is 0 Å². The standard InChI is InChI=1S/C19H38O/c1-19(2)17-15-13-11-9-7-5-3-4-6-8-10-12-14-16-18-20/h10,12,19-20H,3-9,11,13-18H2,1-2H3/b12-10-. The fourth-order valence-corrected chi connectivity index (χ4v) is 2.50. The van der Waals surface area contributed by atoms with E-state index >= 15 is 0 Å². The molecule has 20 heavy (non-hydrogen) atoms. The number of unbranched alkanes of at least 4 members (excludes halogenated alkanes) is 10. The molecule has 0 heterocycles. The SMILES string of the molecule is CC(C)CCCCCCCCCCC/C=C\CCCO. The highest BCUT2D eigenvalue weighted by Gasteiger charge is 1.95. The Hall–Kier alpha value is -0.300. The summed E-state index contributed by atoms with van der Waals surface area (Å²) in [7, 11) is 0. The molecule has 1 nitrogen and oxygen atoms in total. The number of aliphatic hydroxyl groups excluding tert-OH is 1. The summed E-state index contributed by atoms with van der Waals surface area (Å²) >= 11 is 0. The third kappa shape index (κ3) is 17.7. The highest BCUT2D eigenvalue weighted by Crippen LogP contribution is 2.13. The van der Waals surface area contributed by atoms with Gasteiger partial charge < -0.3 is 5.11 Å². The van der Waals surface area contributed by atoms with Crippen LogP contribution in [0, 0.1) is 5.92 Å². The van der Waals surface area contributed by atoms with Crippen molar-refractivity contribution < 1.29 is 5.11 Å². The Labute approximate surface area is 127 Å². The van der Waals surface area contributed by atoms with Crippen LogP contribution in [0.25, 0.3) is 0 Å². The first-order chi connectivity index (χ1) is 9.77. The molecule has 1 N–H and O–H groups in total. The first-order valence-electron chi connectivity index (χ1n) is 9.03. The van der Waals surface area contributed by atoms with Crippen molar-refractivity contribution in [1.29, 1.82) is 0 Å². The first kappa shape index (κ1) is 19.7. The van der Waals surface area contributed by atoms with Crippen molar-refractivity contribution in [1.82, 2.24) is 0 Å². The van der Waals surface area contributed by atoms with E-state index in [1.807, 2.05) is 0 Å². The number of hydrogen-bond donors (Lipinski definition) is 1. The van der Waals surface area contributed by atoms with Gasteiger partial charge >= 0.3 is 0 Å². The average Bonchev–Trinajstić information content (AvgIpc) is 2.43. The largest absolute Gasteiger partial charge is 0.396 e. The Morgan fingerprint density at radius 3 is 1.60 bits per heavy atom. The third-order valence-electron chi connectivity index (χ3n) is 3.85. The van der Waals surface area contributed by atoms with Crippen molar-refractivity contribution in [2.45, 2.75) is 97.3 Å². The molecule has 0 saturated carbocycles. The Morgan fingerprint density at radius 2 is 1.10 bits per heavy atom. The molecule has 0 atom stereocenters. The van der Waals surface area contributed by atoms with E-state index < -0.39 is 0 Å². The van der Waals surface area contributed by atoms with E-state index in [0.29, 0.717) is 6.61 Å². The van der Waals surface area contributed by atoms with Crippen LogP contribution >= 0.6 is 0 Å². The monoisotopic (exact) mass is 282 g/mol. The molecule has 1 heteroatoms. The topological polar surface area (TPSA) is 20.2 Å². The third-order valence-corrected chi connectivity index (χ3v) is 3.85. The van der Waals surface area contributed by atoms with Gasteiger partial charge in [-0.3, -0.25) is 0 Å². The van der Waals surface area contributed by atoms with Crippen molar-refractivity contribution in [2.75, 3.05) is 6.61 Å². The lowest BCUT2D eigenvalue weighted by atomic mass is 10.0. The molecule has 0 aromatic carbocycles. The summed E-state index contributed by atoms with van der Waals surface area (Å²) in [5, 5.41) is 8.65. The number of allylic oxidation sites excluding steroid dienone is 2. The van der Waals surface area contributed by atoms with E-state index in [-0.39, 0.29) is 0 Å². The molecule has 0 saturated heterocycles. The van der Waals surface area contributed by atoms with Gasteiger partial charge in [0.2, 0.25) is 0 Å². The summed E-state index contributed by atoms with van der Waals surface area (Å²) in [6, 6.07) is 0. The van der Waals surface area contributed by atoms with Crippen LogP contribution in [0.5, 0.6) is 0 Å². The van der Waals surface area contributed by atoms with Gasteiger partial charge in [-0.2, -0.15) is 0 Å². The van der Waals surface area contributed by atoms with Crippen LogP contribution in [0.4, 0.5) is 0 Å². The molecular weight excluding hydrogens is 244 g/mol. The van der Waals surface area contributed by atoms with Crippen LogP contribution in [0.3, 0.4) is 0 Å². The van der Waals surface area contributed by atoms with Crippen molar-refractivity contribution in [3.63, 3.8) is 0 Å². The lowest BCUT2D eigenvalue weighted by Gasteiger charge is -2.04. The summed E-state index contributed by atoms with van der Waals surface area (Å²) in [5.41, 5.74) is 0. The highest BCUT2D eigenvalue weighted by atomic mass is 16.2. The van der Waals surface area contributed by atoms with Crippen LogP contribution in [0.2, 0.25) is 0 Å². The molecule has 0 aromatic heterocycles. The molecule has 0 aliphatic heterocycles. The quantitative estimate of drug-likeness (QED) is 0.277. The van der Waals surface area contributed by atoms with Gasteiger partial charge in [0, 0.05) is 6.61 Å². The molecule has 0 amide bonds. The number of hydrogen-bond acceptors (Lipinski definition) is 1. The molecule has 0 aromatic rings. The van der Waals surface area contributed by atoms with Crippen LogP contribution < -0.4 is 0 Å². The minimum absolute atomic E-state index is 0.321. The van der Waals surface area contributed by atoms with Gasteiger partial charge in [-0.1, -0.05) is 83.8 Å². The van der Waals surface area contributed by atoms with Gasteiger partial charge in [0.25, 0.3) is 0 Å². The Balaban J connectivity index is 3.01. The maximum atomic E-state index is 8.65. The molecule has 120 valence electrons. The molecule has 0 bridgehead atoms. The average molecular weight is 283 g/mol. The number of rotatable bonds is 15. The summed E-state index contributed by atoms with van der Waals surface area (Å²) in [6.07, 6.45) is 21.8. The molecule has 0 unspecified atom stereocenters. The zero-order valence-corrected chi connectivity index (χ0v) is 14.1. The lowest BCUT2D eigenvalue weighted by Crippen LogP contribution is -1.87. The molecule has 0 radical (unpaired) electrons. The first-order valence-corrected chi connectivity index (χ1v) is 9.03. The Bertz CT molecular complexity index is 196. The minimum atomic E-state index is 0.321. The zero-order chi connectivity index (χ0) is 14.9. The maximum absolute atomic E-state index is 8.65. The molecule has 0 rings (SSSR count). The molecule has 0 aliphatic rings. The summed E-state index contributed by atoms with van der Waals surface area (Å²) in [4.78, 5) is 0.